The highest BCUT2D eigenvalue weighted by Gasteiger charge is 2.32. The molecule has 0 amide bonds. The van der Waals surface area contributed by atoms with Gasteiger partial charge in [0.05, 0.1) is 6.10 Å². The van der Waals surface area contributed by atoms with Crippen molar-refractivity contribution >= 4 is 0 Å². The third-order valence-corrected chi connectivity index (χ3v) is 5.21. The molecule has 1 heterocycles. The summed E-state index contributed by atoms with van der Waals surface area (Å²) < 4.78 is 0. The largest absolute Gasteiger partial charge is 0.387 e. The van der Waals surface area contributed by atoms with Crippen LogP contribution in [0.5, 0.6) is 0 Å². The normalized spacial score (nSPS) is 21.2. The van der Waals surface area contributed by atoms with Crippen molar-refractivity contribution in [2.45, 2.75) is 59.6 Å². The van der Waals surface area contributed by atoms with E-state index >= 15 is 0 Å². The fourth-order valence-corrected chi connectivity index (χ4v) is 3.41. The van der Waals surface area contributed by atoms with Crippen molar-refractivity contribution in [2.75, 3.05) is 13.1 Å². The van der Waals surface area contributed by atoms with Gasteiger partial charge in [0.15, 0.2) is 0 Å². The summed E-state index contributed by atoms with van der Waals surface area (Å²) in [6, 6.07) is 8.46. The number of aryl methyl sites for hydroxylation is 1. The topological polar surface area (TPSA) is 23.5 Å². The van der Waals surface area contributed by atoms with Crippen molar-refractivity contribution < 1.29 is 5.11 Å². The highest BCUT2D eigenvalue weighted by atomic mass is 16.3. The molecule has 1 aliphatic heterocycles. The minimum absolute atomic E-state index is 0.189. The highest BCUT2D eigenvalue weighted by molar-refractivity contribution is 5.24. The third-order valence-electron chi connectivity index (χ3n) is 5.21. The maximum atomic E-state index is 10.6. The standard InChI is InChI=1S/C19H31NO/c1-14-6-8-16(9-7-14)18(21)15(2)20-12-10-17(11-13-20)19(3,4)5/h6-9,15,17-18,21H,10-13H2,1-5H3. The number of nitrogens with zero attached hydrogens (tertiary/aromatic N) is 1. The van der Waals surface area contributed by atoms with Crippen LogP contribution in [0.25, 0.3) is 0 Å². The second kappa shape index (κ2) is 6.50. The Morgan fingerprint density at radius 2 is 1.62 bits per heavy atom. The van der Waals surface area contributed by atoms with Crippen LogP contribution in [-0.4, -0.2) is 29.1 Å². The van der Waals surface area contributed by atoms with Gasteiger partial charge < -0.3 is 5.11 Å². The Hall–Kier alpha value is -0.860. The van der Waals surface area contributed by atoms with Crippen LogP contribution in [0.2, 0.25) is 0 Å². The molecule has 0 radical (unpaired) electrons. The van der Waals surface area contributed by atoms with Crippen molar-refractivity contribution in [3.05, 3.63) is 35.4 Å². The Morgan fingerprint density at radius 3 is 2.10 bits per heavy atom. The van der Waals surface area contributed by atoms with Crippen LogP contribution in [0, 0.1) is 18.3 Å². The molecule has 1 N–H and O–H groups in total. The molecule has 1 fully saturated rings. The molecule has 1 aliphatic rings. The average molecular weight is 289 g/mol. The Kier molecular flexibility index (Phi) is 5.11. The number of hydrogen-bond donors (Lipinski definition) is 1. The van der Waals surface area contributed by atoms with E-state index in [1.165, 1.54) is 18.4 Å². The van der Waals surface area contributed by atoms with Crippen LogP contribution in [0.4, 0.5) is 0 Å². The van der Waals surface area contributed by atoms with E-state index in [2.05, 4.69) is 63.8 Å². The second-order valence-corrected chi connectivity index (χ2v) is 7.77. The Bertz CT molecular complexity index is 438. The lowest BCUT2D eigenvalue weighted by Crippen LogP contribution is -2.44. The van der Waals surface area contributed by atoms with E-state index in [0.717, 1.165) is 24.6 Å². The molecule has 0 aromatic heterocycles. The Labute approximate surface area is 130 Å². The number of benzene rings is 1. The van der Waals surface area contributed by atoms with Gasteiger partial charge in [0.25, 0.3) is 0 Å². The molecule has 118 valence electrons. The maximum absolute atomic E-state index is 10.6. The van der Waals surface area contributed by atoms with E-state index in [1.807, 2.05) is 0 Å². The molecule has 0 bridgehead atoms. The molecule has 21 heavy (non-hydrogen) atoms. The fraction of sp³-hybridized carbons (Fsp3) is 0.684. The first kappa shape index (κ1) is 16.5. The molecule has 1 saturated heterocycles. The molecular weight excluding hydrogens is 258 g/mol. The first-order chi connectivity index (χ1) is 9.79. The maximum Gasteiger partial charge on any atom is 0.0942 e. The summed E-state index contributed by atoms with van der Waals surface area (Å²) in [5, 5.41) is 10.6. The number of aliphatic hydroxyl groups excluding tert-OH is 1. The molecule has 2 atom stereocenters. The van der Waals surface area contributed by atoms with Gasteiger partial charge in [0.2, 0.25) is 0 Å². The summed E-state index contributed by atoms with van der Waals surface area (Å²) in [7, 11) is 0. The minimum atomic E-state index is -0.392. The first-order valence-electron chi connectivity index (χ1n) is 8.27. The summed E-state index contributed by atoms with van der Waals surface area (Å²) in [4.78, 5) is 2.45. The lowest BCUT2D eigenvalue weighted by atomic mass is 9.75. The SMILES string of the molecule is Cc1ccc(C(O)C(C)N2CCC(C(C)(C)C)CC2)cc1. The molecule has 0 spiro atoms. The van der Waals surface area contributed by atoms with E-state index in [0.29, 0.717) is 5.41 Å². The van der Waals surface area contributed by atoms with E-state index in [9.17, 15) is 5.11 Å². The van der Waals surface area contributed by atoms with Crippen molar-refractivity contribution in [3.8, 4) is 0 Å². The van der Waals surface area contributed by atoms with Gasteiger partial charge >= 0.3 is 0 Å². The van der Waals surface area contributed by atoms with E-state index < -0.39 is 6.10 Å². The van der Waals surface area contributed by atoms with Gasteiger partial charge in [-0.3, -0.25) is 4.90 Å². The molecule has 1 aromatic carbocycles. The smallest absolute Gasteiger partial charge is 0.0942 e. The molecule has 2 nitrogen and oxygen atoms in total. The van der Waals surface area contributed by atoms with E-state index in [1.54, 1.807) is 0 Å². The van der Waals surface area contributed by atoms with Gasteiger partial charge in [-0.15, -0.1) is 0 Å². The summed E-state index contributed by atoms with van der Waals surface area (Å²) in [6.45, 7) is 13.5. The van der Waals surface area contributed by atoms with Crippen molar-refractivity contribution in [1.29, 1.82) is 0 Å². The van der Waals surface area contributed by atoms with Crippen LogP contribution in [0.1, 0.15) is 57.8 Å². The summed E-state index contributed by atoms with van der Waals surface area (Å²) in [6.07, 6.45) is 2.10. The van der Waals surface area contributed by atoms with E-state index in [4.69, 9.17) is 0 Å². The zero-order valence-corrected chi connectivity index (χ0v) is 14.3. The number of rotatable bonds is 3. The number of piperidine rings is 1. The lowest BCUT2D eigenvalue weighted by molar-refractivity contribution is 0.0220. The van der Waals surface area contributed by atoms with Crippen molar-refractivity contribution in [3.63, 3.8) is 0 Å². The predicted molar refractivity (Wildman–Crippen MR) is 89.4 cm³/mol. The zero-order valence-electron chi connectivity index (χ0n) is 14.3. The summed E-state index contributed by atoms with van der Waals surface area (Å²) >= 11 is 0. The Morgan fingerprint density at radius 1 is 1.10 bits per heavy atom. The molecule has 0 aliphatic carbocycles. The molecule has 2 heteroatoms. The fourth-order valence-electron chi connectivity index (χ4n) is 3.41. The van der Waals surface area contributed by atoms with Crippen LogP contribution < -0.4 is 0 Å². The second-order valence-electron chi connectivity index (χ2n) is 7.77. The average Bonchev–Trinajstić information content (AvgIpc) is 2.46. The molecule has 0 saturated carbocycles. The van der Waals surface area contributed by atoms with Crippen molar-refractivity contribution in [2.24, 2.45) is 11.3 Å². The Balaban J connectivity index is 1.95. The van der Waals surface area contributed by atoms with Gasteiger partial charge in [-0.1, -0.05) is 50.6 Å². The van der Waals surface area contributed by atoms with E-state index in [-0.39, 0.29) is 6.04 Å². The predicted octanol–water partition coefficient (Wildman–Crippen LogP) is 4.18. The van der Waals surface area contributed by atoms with Gasteiger partial charge in [0, 0.05) is 6.04 Å². The molecule has 1 aromatic rings. The minimum Gasteiger partial charge on any atom is -0.387 e. The zero-order chi connectivity index (χ0) is 15.6. The molecular formula is C19H31NO. The quantitative estimate of drug-likeness (QED) is 0.902. The highest BCUT2D eigenvalue weighted by Crippen LogP contribution is 2.35. The monoisotopic (exact) mass is 289 g/mol. The van der Waals surface area contributed by atoms with Gasteiger partial charge in [-0.05, 0) is 56.7 Å². The van der Waals surface area contributed by atoms with Gasteiger partial charge in [0.1, 0.15) is 0 Å². The first-order valence-corrected chi connectivity index (χ1v) is 8.27. The van der Waals surface area contributed by atoms with Crippen LogP contribution in [-0.2, 0) is 0 Å². The number of likely N-dealkylation sites (tertiary alicyclic amines) is 1. The van der Waals surface area contributed by atoms with Crippen molar-refractivity contribution in [1.82, 2.24) is 4.90 Å². The number of hydrogen-bond acceptors (Lipinski definition) is 2. The van der Waals surface area contributed by atoms with Crippen LogP contribution >= 0.6 is 0 Å². The lowest BCUT2D eigenvalue weighted by Gasteiger charge is -2.42. The molecule has 2 rings (SSSR count). The summed E-state index contributed by atoms with van der Waals surface area (Å²) in [5.41, 5.74) is 2.68. The van der Waals surface area contributed by atoms with Crippen LogP contribution in [0.15, 0.2) is 24.3 Å². The van der Waals surface area contributed by atoms with Gasteiger partial charge in [-0.25, -0.2) is 0 Å². The third kappa shape index (κ3) is 4.08. The van der Waals surface area contributed by atoms with Crippen LogP contribution in [0.3, 0.4) is 0 Å². The summed E-state index contributed by atoms with van der Waals surface area (Å²) in [5.74, 6) is 0.803. The number of aliphatic hydroxyl groups is 1. The molecule has 2 unspecified atom stereocenters. The van der Waals surface area contributed by atoms with Gasteiger partial charge in [-0.2, -0.15) is 0 Å².